The van der Waals surface area contributed by atoms with Gasteiger partial charge in [-0.15, -0.1) is 0 Å². The molecule has 1 aliphatic rings. The monoisotopic (exact) mass is 332 g/mol. The van der Waals surface area contributed by atoms with Crippen LogP contribution in [0.25, 0.3) is 0 Å². The lowest BCUT2D eigenvalue weighted by Crippen LogP contribution is -2.30. The van der Waals surface area contributed by atoms with Crippen molar-refractivity contribution in [3.8, 4) is 0 Å². The molecule has 3 rings (SSSR count). The molecule has 0 unspecified atom stereocenters. The third-order valence-corrected chi connectivity index (χ3v) is 4.67. The molecule has 0 radical (unpaired) electrons. The number of nitrogens with one attached hydrogen (secondary N) is 1. The predicted molar refractivity (Wildman–Crippen MR) is 83.3 cm³/mol. The van der Waals surface area contributed by atoms with Gasteiger partial charge in [-0.3, -0.25) is 25.0 Å². The number of nitro groups is 1. The van der Waals surface area contributed by atoms with Crippen molar-refractivity contribution in [1.29, 1.82) is 0 Å². The van der Waals surface area contributed by atoms with Crippen LogP contribution in [0, 0.1) is 10.1 Å². The number of rotatable bonds is 5. The molecule has 8 nitrogen and oxygen atoms in total. The van der Waals surface area contributed by atoms with Gasteiger partial charge in [0.2, 0.25) is 5.91 Å². The second kappa shape index (κ2) is 5.43. The van der Waals surface area contributed by atoms with Gasteiger partial charge < -0.3 is 5.73 Å². The number of carbonyl (C=O) groups is 2. The Morgan fingerprint density at radius 1 is 1.35 bits per heavy atom. The van der Waals surface area contributed by atoms with Gasteiger partial charge in [0.05, 0.1) is 10.3 Å². The molecule has 1 aliphatic carbocycles. The van der Waals surface area contributed by atoms with Gasteiger partial charge in [0.1, 0.15) is 6.20 Å². The molecule has 2 amide bonds. The number of benzene rings is 1. The van der Waals surface area contributed by atoms with Crippen LogP contribution in [0.2, 0.25) is 0 Å². The normalized spacial score (nSPS) is 15.0. The summed E-state index contributed by atoms with van der Waals surface area (Å²) in [4.78, 5) is 38.0. The Morgan fingerprint density at radius 2 is 2.04 bits per heavy atom. The summed E-state index contributed by atoms with van der Waals surface area (Å²) in [5.74, 6) is -0.931. The van der Waals surface area contributed by atoms with E-state index in [0.717, 1.165) is 17.5 Å². The van der Waals surface area contributed by atoms with Gasteiger partial charge in [-0.2, -0.15) is 0 Å². The summed E-state index contributed by atoms with van der Waals surface area (Å²) in [5.41, 5.74) is 5.58. The number of hydrogen-bond acceptors (Lipinski definition) is 6. The number of anilines is 1. The number of primary amides is 1. The van der Waals surface area contributed by atoms with Crippen LogP contribution in [0.15, 0.2) is 30.5 Å². The minimum atomic E-state index is -0.789. The van der Waals surface area contributed by atoms with Crippen molar-refractivity contribution in [2.45, 2.75) is 18.3 Å². The Balaban J connectivity index is 1.88. The topological polar surface area (TPSA) is 128 Å². The molecular formula is C14H12N4O4S. The lowest BCUT2D eigenvalue weighted by atomic mass is 9.90. The van der Waals surface area contributed by atoms with E-state index >= 15 is 0 Å². The summed E-state index contributed by atoms with van der Waals surface area (Å²) in [5, 5.41) is 13.1. The third kappa shape index (κ3) is 2.66. The number of nitrogens with two attached hydrogens (primary N) is 1. The molecule has 0 spiro atoms. The second-order valence-electron chi connectivity index (χ2n) is 5.21. The predicted octanol–water partition coefficient (Wildman–Crippen LogP) is 1.82. The minimum absolute atomic E-state index is 0.125. The van der Waals surface area contributed by atoms with E-state index in [2.05, 4.69) is 10.3 Å². The maximum Gasteiger partial charge on any atom is 0.345 e. The standard InChI is InChI=1S/C14H12N4O4S/c15-12(20)14(5-6-14)9-4-2-1-3-8(9)11(19)17-13-16-7-10(23-13)18(21)22/h1-4,7H,5-6H2,(H2,15,20)(H,16,17,19). The van der Waals surface area contributed by atoms with Gasteiger partial charge in [0.15, 0.2) is 5.13 Å². The number of nitrogens with zero attached hydrogens (tertiary/aromatic N) is 2. The van der Waals surface area contributed by atoms with E-state index in [1.165, 1.54) is 0 Å². The zero-order chi connectivity index (χ0) is 16.6. The van der Waals surface area contributed by atoms with E-state index in [1.54, 1.807) is 24.3 Å². The van der Waals surface area contributed by atoms with Crippen LogP contribution in [-0.2, 0) is 10.2 Å². The SMILES string of the molecule is NC(=O)C1(c2ccccc2C(=O)Nc2ncc([N+](=O)[O-])s2)CC1. The highest BCUT2D eigenvalue weighted by molar-refractivity contribution is 7.18. The molecule has 118 valence electrons. The lowest BCUT2D eigenvalue weighted by Gasteiger charge is -2.15. The molecular weight excluding hydrogens is 320 g/mol. The second-order valence-corrected chi connectivity index (χ2v) is 6.22. The van der Waals surface area contributed by atoms with Crippen LogP contribution < -0.4 is 11.1 Å². The summed E-state index contributed by atoms with van der Waals surface area (Å²) < 4.78 is 0. The van der Waals surface area contributed by atoms with Gasteiger partial charge in [-0.25, -0.2) is 4.98 Å². The molecule has 1 saturated carbocycles. The molecule has 23 heavy (non-hydrogen) atoms. The molecule has 0 bridgehead atoms. The zero-order valence-electron chi connectivity index (χ0n) is 11.8. The van der Waals surface area contributed by atoms with Gasteiger partial charge >= 0.3 is 5.00 Å². The molecule has 0 aliphatic heterocycles. The van der Waals surface area contributed by atoms with E-state index in [1.807, 2.05) is 0 Å². The first-order valence-electron chi connectivity index (χ1n) is 6.75. The number of aromatic nitrogens is 1. The fraction of sp³-hybridized carbons (Fsp3) is 0.214. The molecule has 1 aromatic carbocycles. The fourth-order valence-electron chi connectivity index (χ4n) is 2.44. The van der Waals surface area contributed by atoms with E-state index in [-0.39, 0.29) is 10.1 Å². The quantitative estimate of drug-likeness (QED) is 0.637. The Bertz CT molecular complexity index is 813. The van der Waals surface area contributed by atoms with Crippen LogP contribution >= 0.6 is 11.3 Å². The first-order chi connectivity index (χ1) is 10.9. The molecule has 3 N–H and O–H groups in total. The number of amides is 2. The van der Waals surface area contributed by atoms with Crippen molar-refractivity contribution >= 4 is 33.3 Å². The third-order valence-electron chi connectivity index (χ3n) is 3.80. The van der Waals surface area contributed by atoms with Crippen LogP contribution in [0.5, 0.6) is 0 Å². The number of hydrogen-bond donors (Lipinski definition) is 2. The Labute approximate surface area is 134 Å². The summed E-state index contributed by atoms with van der Waals surface area (Å²) in [7, 11) is 0. The molecule has 0 saturated heterocycles. The summed E-state index contributed by atoms with van der Waals surface area (Å²) >= 11 is 0.765. The van der Waals surface area contributed by atoms with Gasteiger partial charge in [-0.05, 0) is 35.8 Å². The molecule has 0 atom stereocenters. The van der Waals surface area contributed by atoms with Crippen molar-refractivity contribution in [3.05, 3.63) is 51.7 Å². The molecule has 2 aromatic rings. The first-order valence-corrected chi connectivity index (χ1v) is 7.57. The molecule has 1 fully saturated rings. The maximum atomic E-state index is 12.4. The highest BCUT2D eigenvalue weighted by atomic mass is 32.1. The van der Waals surface area contributed by atoms with Crippen molar-refractivity contribution < 1.29 is 14.5 Å². The molecule has 1 heterocycles. The van der Waals surface area contributed by atoms with E-state index in [9.17, 15) is 19.7 Å². The van der Waals surface area contributed by atoms with Crippen LogP contribution in [0.4, 0.5) is 10.1 Å². The summed E-state index contributed by atoms with van der Waals surface area (Å²) in [6.07, 6.45) is 2.29. The zero-order valence-corrected chi connectivity index (χ0v) is 12.6. The Kier molecular flexibility index (Phi) is 3.57. The largest absolute Gasteiger partial charge is 0.369 e. The first kappa shape index (κ1) is 15.1. The maximum absolute atomic E-state index is 12.4. The highest BCUT2D eigenvalue weighted by Crippen LogP contribution is 2.49. The fourth-order valence-corrected chi connectivity index (χ4v) is 3.07. The van der Waals surface area contributed by atoms with E-state index in [0.29, 0.717) is 24.0 Å². The van der Waals surface area contributed by atoms with Gasteiger partial charge in [0, 0.05) is 5.56 Å². The summed E-state index contributed by atoms with van der Waals surface area (Å²) in [6.45, 7) is 0. The smallest absolute Gasteiger partial charge is 0.345 e. The van der Waals surface area contributed by atoms with Crippen molar-refractivity contribution in [2.24, 2.45) is 5.73 Å². The van der Waals surface area contributed by atoms with E-state index < -0.39 is 22.2 Å². The lowest BCUT2D eigenvalue weighted by molar-refractivity contribution is -0.380. The Morgan fingerprint density at radius 3 is 2.61 bits per heavy atom. The number of carbonyl (C=O) groups excluding carboxylic acids is 2. The van der Waals surface area contributed by atoms with Crippen LogP contribution in [-0.4, -0.2) is 21.7 Å². The van der Waals surface area contributed by atoms with Gasteiger partial charge in [0.25, 0.3) is 5.91 Å². The summed E-state index contributed by atoms with van der Waals surface area (Å²) in [6, 6.07) is 6.72. The van der Waals surface area contributed by atoms with Crippen molar-refractivity contribution in [3.63, 3.8) is 0 Å². The average molecular weight is 332 g/mol. The van der Waals surface area contributed by atoms with Gasteiger partial charge in [-0.1, -0.05) is 18.2 Å². The van der Waals surface area contributed by atoms with Crippen molar-refractivity contribution in [2.75, 3.05) is 5.32 Å². The van der Waals surface area contributed by atoms with E-state index in [4.69, 9.17) is 5.73 Å². The van der Waals surface area contributed by atoms with Crippen molar-refractivity contribution in [1.82, 2.24) is 4.98 Å². The minimum Gasteiger partial charge on any atom is -0.369 e. The average Bonchev–Trinajstić information content (AvgIpc) is 3.21. The molecule has 9 heteroatoms. The highest BCUT2D eigenvalue weighted by Gasteiger charge is 2.51. The Hall–Kier alpha value is -2.81. The van der Waals surface area contributed by atoms with Crippen LogP contribution in [0.3, 0.4) is 0 Å². The van der Waals surface area contributed by atoms with Crippen LogP contribution in [0.1, 0.15) is 28.8 Å². The molecule has 1 aromatic heterocycles. The number of thiazole rings is 1.